The van der Waals surface area contributed by atoms with Gasteiger partial charge in [0.25, 0.3) is 0 Å². The third-order valence-corrected chi connectivity index (χ3v) is 3.38. The van der Waals surface area contributed by atoms with Gasteiger partial charge in [0.2, 0.25) is 0 Å². The first-order valence-electron chi connectivity index (χ1n) is 3.74. The summed E-state index contributed by atoms with van der Waals surface area (Å²) in [6.45, 7) is 0. The molecule has 3 heteroatoms. The highest BCUT2D eigenvalue weighted by Gasteiger charge is 2.03. The molecule has 0 aliphatic rings. The summed E-state index contributed by atoms with van der Waals surface area (Å²) in [6.07, 6.45) is 2.00. The SMILES string of the molecule is Fc1cccc(CCCBr)c1I. The second-order valence-electron chi connectivity index (χ2n) is 2.51. The van der Waals surface area contributed by atoms with E-state index >= 15 is 0 Å². The van der Waals surface area contributed by atoms with Gasteiger partial charge in [-0.3, -0.25) is 0 Å². The van der Waals surface area contributed by atoms with Crippen molar-refractivity contribution in [1.82, 2.24) is 0 Å². The van der Waals surface area contributed by atoms with Crippen LogP contribution in [0.5, 0.6) is 0 Å². The van der Waals surface area contributed by atoms with E-state index in [2.05, 4.69) is 38.5 Å². The van der Waals surface area contributed by atoms with Gasteiger partial charge >= 0.3 is 0 Å². The molecule has 0 nitrogen and oxygen atoms in total. The standard InChI is InChI=1S/C9H9BrFI/c10-6-2-4-7-3-1-5-8(11)9(7)12/h1,3,5H,2,4,6H2. The first-order valence-corrected chi connectivity index (χ1v) is 5.94. The predicted molar refractivity (Wildman–Crippen MR) is 61.2 cm³/mol. The summed E-state index contributed by atoms with van der Waals surface area (Å²) in [6, 6.07) is 5.24. The van der Waals surface area contributed by atoms with Crippen molar-refractivity contribution in [3.8, 4) is 0 Å². The highest BCUT2D eigenvalue weighted by Crippen LogP contribution is 2.17. The lowest BCUT2D eigenvalue weighted by molar-refractivity contribution is 0.617. The van der Waals surface area contributed by atoms with Crippen molar-refractivity contribution in [3.05, 3.63) is 33.1 Å². The average molecular weight is 343 g/mol. The monoisotopic (exact) mass is 342 g/mol. The van der Waals surface area contributed by atoms with Gasteiger partial charge in [-0.25, -0.2) is 4.39 Å². The Morgan fingerprint density at radius 3 is 2.83 bits per heavy atom. The van der Waals surface area contributed by atoms with Gasteiger partial charge in [0.1, 0.15) is 5.82 Å². The lowest BCUT2D eigenvalue weighted by atomic mass is 10.1. The molecule has 12 heavy (non-hydrogen) atoms. The Morgan fingerprint density at radius 1 is 1.42 bits per heavy atom. The zero-order valence-corrected chi connectivity index (χ0v) is 10.2. The number of benzene rings is 1. The Hall–Kier alpha value is 0.360. The minimum Gasteiger partial charge on any atom is -0.206 e. The topological polar surface area (TPSA) is 0 Å². The minimum atomic E-state index is -0.109. The van der Waals surface area contributed by atoms with Crippen molar-refractivity contribution in [2.45, 2.75) is 12.8 Å². The van der Waals surface area contributed by atoms with Gasteiger partial charge in [-0.15, -0.1) is 0 Å². The maximum atomic E-state index is 13.0. The van der Waals surface area contributed by atoms with Crippen LogP contribution in [0, 0.1) is 9.39 Å². The molecule has 66 valence electrons. The summed E-state index contributed by atoms with van der Waals surface area (Å²) in [5, 5.41) is 0.972. The third-order valence-electron chi connectivity index (χ3n) is 1.61. The van der Waals surface area contributed by atoms with Crippen molar-refractivity contribution in [3.63, 3.8) is 0 Å². The first kappa shape index (κ1) is 10.4. The summed E-state index contributed by atoms with van der Waals surface area (Å²) in [5.41, 5.74) is 1.11. The molecule has 0 atom stereocenters. The van der Waals surface area contributed by atoms with Gasteiger partial charge in [-0.05, 0) is 47.1 Å². The highest BCUT2D eigenvalue weighted by atomic mass is 127. The van der Waals surface area contributed by atoms with E-state index in [9.17, 15) is 4.39 Å². The molecule has 1 aromatic rings. The van der Waals surface area contributed by atoms with Gasteiger partial charge in [0.15, 0.2) is 0 Å². The van der Waals surface area contributed by atoms with Crippen LogP contribution >= 0.6 is 38.5 Å². The van der Waals surface area contributed by atoms with Crippen molar-refractivity contribution in [1.29, 1.82) is 0 Å². The Morgan fingerprint density at radius 2 is 2.17 bits per heavy atom. The van der Waals surface area contributed by atoms with E-state index in [-0.39, 0.29) is 5.82 Å². The van der Waals surface area contributed by atoms with Crippen LogP contribution in [0.3, 0.4) is 0 Å². The Bertz CT molecular complexity index is 263. The molecule has 0 fully saturated rings. The summed E-state index contributed by atoms with van der Waals surface area (Å²) in [7, 11) is 0. The molecular weight excluding hydrogens is 334 g/mol. The predicted octanol–water partition coefficient (Wildman–Crippen LogP) is 3.76. The van der Waals surface area contributed by atoms with E-state index < -0.39 is 0 Å². The molecule has 0 aromatic heterocycles. The van der Waals surface area contributed by atoms with Gasteiger partial charge in [0, 0.05) is 5.33 Å². The maximum Gasteiger partial charge on any atom is 0.136 e. The van der Waals surface area contributed by atoms with Crippen LogP contribution in [0.4, 0.5) is 4.39 Å². The van der Waals surface area contributed by atoms with Crippen molar-refractivity contribution < 1.29 is 4.39 Å². The van der Waals surface area contributed by atoms with Crippen LogP contribution in [-0.4, -0.2) is 5.33 Å². The Labute approximate surface area is 93.8 Å². The van der Waals surface area contributed by atoms with Crippen LogP contribution in [-0.2, 0) is 6.42 Å². The van der Waals surface area contributed by atoms with Gasteiger partial charge in [-0.2, -0.15) is 0 Å². The summed E-state index contributed by atoms with van der Waals surface area (Å²) >= 11 is 5.41. The van der Waals surface area contributed by atoms with Crippen molar-refractivity contribution in [2.24, 2.45) is 0 Å². The molecule has 1 aromatic carbocycles. The lowest BCUT2D eigenvalue weighted by Crippen LogP contribution is -1.92. The Balaban J connectivity index is 2.78. The Kier molecular flexibility index (Phi) is 4.50. The molecule has 0 unspecified atom stereocenters. The van der Waals surface area contributed by atoms with Crippen LogP contribution in [0.2, 0.25) is 0 Å². The fourth-order valence-electron chi connectivity index (χ4n) is 0.999. The number of hydrogen-bond donors (Lipinski definition) is 0. The van der Waals surface area contributed by atoms with Crippen molar-refractivity contribution >= 4 is 38.5 Å². The van der Waals surface area contributed by atoms with E-state index in [1.165, 1.54) is 6.07 Å². The highest BCUT2D eigenvalue weighted by molar-refractivity contribution is 14.1. The fraction of sp³-hybridized carbons (Fsp3) is 0.333. The first-order chi connectivity index (χ1) is 5.75. The average Bonchev–Trinajstić information content (AvgIpc) is 2.08. The number of rotatable bonds is 3. The number of alkyl halides is 1. The van der Waals surface area contributed by atoms with Gasteiger partial charge < -0.3 is 0 Å². The van der Waals surface area contributed by atoms with Gasteiger partial charge in [0.05, 0.1) is 3.57 Å². The minimum absolute atomic E-state index is 0.109. The fourth-order valence-corrected chi connectivity index (χ4v) is 1.91. The number of hydrogen-bond acceptors (Lipinski definition) is 0. The normalized spacial score (nSPS) is 10.2. The quantitative estimate of drug-likeness (QED) is 0.579. The van der Waals surface area contributed by atoms with E-state index in [0.717, 1.165) is 27.3 Å². The number of aryl methyl sites for hydroxylation is 1. The molecular formula is C9H9BrFI. The molecule has 0 N–H and O–H groups in total. The van der Waals surface area contributed by atoms with Crippen LogP contribution in [0.1, 0.15) is 12.0 Å². The van der Waals surface area contributed by atoms with Crippen molar-refractivity contribution in [2.75, 3.05) is 5.33 Å². The van der Waals surface area contributed by atoms with Crippen LogP contribution in [0.25, 0.3) is 0 Å². The smallest absolute Gasteiger partial charge is 0.136 e. The summed E-state index contributed by atoms with van der Waals surface area (Å²) in [5.74, 6) is -0.109. The zero-order chi connectivity index (χ0) is 8.97. The van der Waals surface area contributed by atoms with E-state index in [4.69, 9.17) is 0 Å². The number of halogens is 3. The zero-order valence-electron chi connectivity index (χ0n) is 6.49. The molecule has 0 saturated heterocycles. The third kappa shape index (κ3) is 2.69. The largest absolute Gasteiger partial charge is 0.206 e. The molecule has 0 bridgehead atoms. The second-order valence-corrected chi connectivity index (χ2v) is 4.38. The molecule has 0 aliphatic carbocycles. The van der Waals surface area contributed by atoms with E-state index in [0.29, 0.717) is 0 Å². The molecule has 1 rings (SSSR count). The second kappa shape index (κ2) is 5.17. The molecule has 0 saturated carbocycles. The summed E-state index contributed by atoms with van der Waals surface area (Å²) < 4.78 is 13.7. The molecule has 0 aliphatic heterocycles. The molecule has 0 radical (unpaired) electrons. The maximum absolute atomic E-state index is 13.0. The van der Waals surface area contributed by atoms with E-state index in [1.54, 1.807) is 6.07 Å². The van der Waals surface area contributed by atoms with Gasteiger partial charge in [-0.1, -0.05) is 28.1 Å². The van der Waals surface area contributed by atoms with Crippen LogP contribution < -0.4 is 0 Å². The molecule has 0 heterocycles. The molecule has 0 spiro atoms. The van der Waals surface area contributed by atoms with E-state index in [1.807, 2.05) is 6.07 Å². The lowest BCUT2D eigenvalue weighted by Gasteiger charge is -2.02. The summed E-state index contributed by atoms with van der Waals surface area (Å²) in [4.78, 5) is 0. The molecule has 0 amide bonds. The van der Waals surface area contributed by atoms with Crippen LogP contribution in [0.15, 0.2) is 18.2 Å².